The van der Waals surface area contributed by atoms with E-state index < -0.39 is 36.0 Å². The second kappa shape index (κ2) is 27.6. The maximum Gasteiger partial charge on any atom is 0.346 e. The minimum atomic E-state index is -1.07. The number of hydrogen-bond acceptors (Lipinski definition) is 12. The molecule has 0 aromatic heterocycles. The van der Waals surface area contributed by atoms with E-state index in [1.165, 1.54) is 24.3 Å². The molecular weight excluding hydrogens is 748 g/mol. The summed E-state index contributed by atoms with van der Waals surface area (Å²) in [6.07, 6.45) is 3.21. The van der Waals surface area contributed by atoms with Gasteiger partial charge in [-0.2, -0.15) is 0 Å². The number of carbonyl (C=O) groups is 6. The smallest absolute Gasteiger partial charge is 0.346 e. The Morgan fingerprint density at radius 2 is 0.800 bits per heavy atom. The summed E-state index contributed by atoms with van der Waals surface area (Å²) in [5.74, 6) is -4.73. The molecule has 0 spiro atoms. The van der Waals surface area contributed by atoms with Gasteiger partial charge in [-0.25, -0.2) is 19.2 Å². The van der Waals surface area contributed by atoms with Gasteiger partial charge in [0, 0.05) is 45.3 Å². The minimum absolute atomic E-state index is 0. The van der Waals surface area contributed by atoms with E-state index in [0.717, 1.165) is 0 Å². The monoisotopic (exact) mass is 790 g/mol. The van der Waals surface area contributed by atoms with Gasteiger partial charge in [-0.15, -0.1) is 0 Å². The molecule has 280 valence electrons. The van der Waals surface area contributed by atoms with Gasteiger partial charge in [-0.1, -0.05) is 61.4 Å². The van der Waals surface area contributed by atoms with E-state index in [1.807, 2.05) is 12.1 Å². The summed E-state index contributed by atoms with van der Waals surface area (Å²) in [7, 11) is 0. The van der Waals surface area contributed by atoms with Crippen LogP contribution in [0.5, 0.6) is 0 Å². The van der Waals surface area contributed by atoms with Crippen molar-refractivity contribution in [2.75, 3.05) is 13.1 Å². The number of primary amides is 2. The Balaban J connectivity index is 0. The molecule has 0 fully saturated rings. The van der Waals surface area contributed by atoms with E-state index >= 15 is 0 Å². The molecule has 50 heavy (non-hydrogen) atoms. The predicted octanol–water partition coefficient (Wildman–Crippen LogP) is 1.53. The zero-order valence-electron chi connectivity index (χ0n) is 27.2. The summed E-state index contributed by atoms with van der Waals surface area (Å²) in [6, 6.07) is 21.0. The second-order valence-electron chi connectivity index (χ2n) is 10.2. The Bertz CT molecular complexity index is 1370. The second-order valence-corrected chi connectivity index (χ2v) is 10.2. The molecule has 3 rings (SSSR count). The van der Waals surface area contributed by atoms with Gasteiger partial charge >= 0.3 is 23.9 Å². The van der Waals surface area contributed by atoms with E-state index in [9.17, 15) is 28.8 Å². The van der Waals surface area contributed by atoms with Crippen LogP contribution in [0.15, 0.2) is 84.9 Å². The van der Waals surface area contributed by atoms with Gasteiger partial charge in [0.1, 0.15) is 12.1 Å². The van der Waals surface area contributed by atoms with Crippen molar-refractivity contribution in [3.8, 4) is 0 Å². The fraction of sp³-hybridized carbons (Fsp3) is 0.294. The van der Waals surface area contributed by atoms with Crippen LogP contribution in [0.4, 0.5) is 0 Å². The molecule has 12 N–H and O–H groups in total. The van der Waals surface area contributed by atoms with Gasteiger partial charge in [0.05, 0.1) is 11.1 Å². The summed E-state index contributed by atoms with van der Waals surface area (Å²) < 4.78 is 9.55. The van der Waals surface area contributed by atoms with Gasteiger partial charge in [-0.3, -0.25) is 9.59 Å². The molecular formula is C34H44Cu2N6O8. The molecule has 0 aliphatic carbocycles. The Morgan fingerprint density at radius 1 is 0.500 bits per heavy atom. The maximum atomic E-state index is 12.4. The van der Waals surface area contributed by atoms with E-state index in [4.69, 9.17) is 43.9 Å². The maximum absolute atomic E-state index is 12.4. The molecule has 14 nitrogen and oxygen atoms in total. The third-order valence-corrected chi connectivity index (χ3v) is 6.41. The van der Waals surface area contributed by atoms with E-state index in [0.29, 0.717) is 62.7 Å². The number of ether oxygens (including phenoxy) is 2. The first-order chi connectivity index (χ1) is 22.9. The largest absolute Gasteiger partial charge is 0.388 e. The first kappa shape index (κ1) is 47.9. The van der Waals surface area contributed by atoms with Crippen molar-refractivity contribution in [1.82, 2.24) is 0 Å². The van der Waals surface area contributed by atoms with Crippen molar-refractivity contribution in [1.29, 1.82) is 0 Å². The quantitative estimate of drug-likeness (QED) is 0.0587. The number of hydrogen-bond donors (Lipinski definition) is 6. The SMILES string of the molecule is NC(=O)c1ccccc1.NC(=O)c1ccccc1.NCCCC[C@H](N)C(=O)OC(=O)c1ccccc1C(=O)OC(=O)[C@@H](N)CCCCN.[Cu].[Cu]. The summed E-state index contributed by atoms with van der Waals surface area (Å²) >= 11 is 0. The Labute approximate surface area is 312 Å². The zero-order valence-corrected chi connectivity index (χ0v) is 29.1. The van der Waals surface area contributed by atoms with Gasteiger partial charge < -0.3 is 43.9 Å². The minimum Gasteiger partial charge on any atom is -0.388 e. The van der Waals surface area contributed by atoms with Gasteiger partial charge in [0.2, 0.25) is 11.8 Å². The number of benzene rings is 3. The van der Waals surface area contributed by atoms with E-state index in [1.54, 1.807) is 48.5 Å². The number of esters is 4. The van der Waals surface area contributed by atoms with Gasteiger partial charge in [0.15, 0.2) is 0 Å². The van der Waals surface area contributed by atoms with Crippen LogP contribution in [0.3, 0.4) is 0 Å². The normalized spacial score (nSPS) is 10.8. The molecule has 0 aliphatic rings. The molecule has 0 unspecified atom stereocenters. The number of unbranched alkanes of at least 4 members (excludes halogenated alkanes) is 2. The van der Waals surface area contributed by atoms with Crippen molar-refractivity contribution >= 4 is 35.7 Å². The van der Waals surface area contributed by atoms with Crippen molar-refractivity contribution < 1.29 is 72.4 Å². The van der Waals surface area contributed by atoms with Crippen LogP contribution < -0.4 is 34.4 Å². The van der Waals surface area contributed by atoms with Crippen LogP contribution in [-0.2, 0) is 53.2 Å². The number of amides is 2. The Kier molecular flexibility index (Phi) is 26.4. The molecule has 3 aromatic rings. The average molecular weight is 792 g/mol. The van der Waals surface area contributed by atoms with Gasteiger partial charge in [-0.05, 0) is 75.2 Å². The van der Waals surface area contributed by atoms with Crippen molar-refractivity contribution in [3.05, 3.63) is 107 Å². The fourth-order valence-electron chi connectivity index (χ4n) is 3.74. The van der Waals surface area contributed by atoms with Gasteiger partial charge in [0.25, 0.3) is 0 Å². The molecule has 0 saturated heterocycles. The van der Waals surface area contributed by atoms with Crippen LogP contribution in [0.2, 0.25) is 0 Å². The average Bonchev–Trinajstić information content (AvgIpc) is 3.09. The molecule has 16 heteroatoms. The van der Waals surface area contributed by atoms with Crippen molar-refractivity contribution in [2.24, 2.45) is 34.4 Å². The molecule has 0 aliphatic heterocycles. The van der Waals surface area contributed by atoms with Crippen LogP contribution in [-0.4, -0.2) is 60.9 Å². The van der Waals surface area contributed by atoms with Crippen LogP contribution in [0.25, 0.3) is 0 Å². The summed E-state index contributed by atoms with van der Waals surface area (Å²) in [5.41, 5.74) is 32.8. The molecule has 2 amide bonds. The molecule has 0 bridgehead atoms. The van der Waals surface area contributed by atoms with E-state index in [2.05, 4.69) is 0 Å². The third kappa shape index (κ3) is 19.1. The van der Waals surface area contributed by atoms with Crippen molar-refractivity contribution in [3.63, 3.8) is 0 Å². The topological polar surface area (TPSA) is 277 Å². The zero-order chi connectivity index (χ0) is 35.9. The standard InChI is InChI=1S/C20H30N4O6.2C7H7NO.2Cu/c21-11-5-3-9-15(23)19(27)29-17(25)13-7-1-2-8-14(13)18(26)30-20(28)16(24)10-4-6-12-22;2*8-7(9)6-4-2-1-3-5-6;;/h1-2,7-8,15-16H,3-6,9-12,21-24H2;2*1-5H,(H2,8,9);;/t15-,16-;;;;/m0..../s1. The first-order valence-electron chi connectivity index (χ1n) is 15.1. The third-order valence-electron chi connectivity index (χ3n) is 6.41. The van der Waals surface area contributed by atoms with Crippen LogP contribution in [0, 0.1) is 0 Å². The summed E-state index contributed by atoms with van der Waals surface area (Å²) in [6.45, 7) is 0.928. The summed E-state index contributed by atoms with van der Waals surface area (Å²) in [4.78, 5) is 69.6. The Morgan fingerprint density at radius 3 is 1.06 bits per heavy atom. The number of rotatable bonds is 14. The Hall–Kier alpha value is -4.24. The van der Waals surface area contributed by atoms with Crippen LogP contribution in [0.1, 0.15) is 80.0 Å². The molecule has 0 saturated carbocycles. The predicted molar refractivity (Wildman–Crippen MR) is 179 cm³/mol. The fourth-order valence-corrected chi connectivity index (χ4v) is 3.74. The van der Waals surface area contributed by atoms with Crippen molar-refractivity contribution in [2.45, 2.75) is 50.6 Å². The molecule has 0 heterocycles. The molecule has 3 aromatic carbocycles. The number of nitrogens with two attached hydrogens (primary N) is 6. The van der Waals surface area contributed by atoms with E-state index in [-0.39, 0.29) is 57.1 Å². The first-order valence-corrected chi connectivity index (χ1v) is 15.1. The molecule has 2 atom stereocenters. The molecule has 2 radical (unpaired) electrons. The summed E-state index contributed by atoms with van der Waals surface area (Å²) in [5, 5.41) is 0. The van der Waals surface area contributed by atoms with Crippen LogP contribution >= 0.6 is 0 Å². The number of carbonyl (C=O) groups excluding carboxylic acids is 6.